The van der Waals surface area contributed by atoms with Gasteiger partial charge in [-0.2, -0.15) is 0 Å². The summed E-state index contributed by atoms with van der Waals surface area (Å²) in [4.78, 5) is 12.5. The Balaban J connectivity index is 1.75. The Morgan fingerprint density at radius 2 is 2.04 bits per heavy atom. The molecule has 6 heteroatoms. The highest BCUT2D eigenvalue weighted by molar-refractivity contribution is 6.31. The minimum Gasteiger partial charge on any atom is -0.342 e. The third-order valence-corrected chi connectivity index (χ3v) is 4.83. The molecule has 1 N–H and O–H groups in total. The number of benzene rings is 1. The van der Waals surface area contributed by atoms with Crippen molar-refractivity contribution in [2.75, 3.05) is 0 Å². The molecule has 2 heterocycles. The van der Waals surface area contributed by atoms with Crippen molar-refractivity contribution in [3.8, 4) is 0 Å². The monoisotopic (exact) mass is 346 g/mol. The normalized spacial score (nSPS) is 15.2. The largest absolute Gasteiger partial charge is 0.342 e. The van der Waals surface area contributed by atoms with Gasteiger partial charge in [-0.05, 0) is 43.4 Å². The number of carbonyl (C=O) groups is 1. The number of carbonyl (C=O) groups excluding carboxylic acids is 1. The van der Waals surface area contributed by atoms with E-state index in [1.807, 2.05) is 19.1 Å². The van der Waals surface area contributed by atoms with Crippen LogP contribution in [0.25, 0.3) is 0 Å². The molecular weight excluding hydrogens is 324 g/mol. The van der Waals surface area contributed by atoms with Gasteiger partial charge in [0.2, 0.25) is 0 Å². The zero-order valence-corrected chi connectivity index (χ0v) is 15.1. The van der Waals surface area contributed by atoms with Gasteiger partial charge in [0.05, 0.1) is 6.04 Å². The Bertz CT molecular complexity index is 753. The number of aromatic nitrogens is 3. The van der Waals surface area contributed by atoms with Crippen molar-refractivity contribution in [1.29, 1.82) is 0 Å². The lowest BCUT2D eigenvalue weighted by molar-refractivity contribution is 0.0937. The van der Waals surface area contributed by atoms with Crippen LogP contribution in [0.1, 0.15) is 73.1 Å². The first-order valence-electron chi connectivity index (χ1n) is 8.49. The second kappa shape index (κ2) is 6.93. The Morgan fingerprint density at radius 1 is 1.25 bits per heavy atom. The van der Waals surface area contributed by atoms with Crippen LogP contribution in [0.15, 0.2) is 18.2 Å². The standard InChI is InChI=1S/C18H23ClN4O/c1-11(2)14-8-7-13(10-15(14)19)18(24)20-12(3)17-22-21-16-6-4-5-9-23(16)17/h7-8,10-12H,4-6,9H2,1-3H3,(H,20,24)/t12-/m1/s1. The highest BCUT2D eigenvalue weighted by atomic mass is 35.5. The minimum absolute atomic E-state index is 0.145. The van der Waals surface area contributed by atoms with Crippen molar-refractivity contribution < 1.29 is 4.79 Å². The van der Waals surface area contributed by atoms with Crippen molar-refractivity contribution >= 4 is 17.5 Å². The fourth-order valence-electron chi connectivity index (χ4n) is 3.13. The molecule has 1 aromatic heterocycles. The van der Waals surface area contributed by atoms with Crippen LogP contribution in [0, 0.1) is 0 Å². The van der Waals surface area contributed by atoms with Crippen LogP contribution in [-0.4, -0.2) is 20.7 Å². The zero-order valence-electron chi connectivity index (χ0n) is 14.3. The number of rotatable bonds is 4. The van der Waals surface area contributed by atoms with Crippen LogP contribution in [0.2, 0.25) is 5.02 Å². The van der Waals surface area contributed by atoms with Crippen molar-refractivity contribution in [1.82, 2.24) is 20.1 Å². The zero-order chi connectivity index (χ0) is 17.3. The lowest BCUT2D eigenvalue weighted by atomic mass is 10.0. The number of nitrogens with one attached hydrogen (secondary N) is 1. The van der Waals surface area contributed by atoms with Gasteiger partial charge in [0.25, 0.3) is 5.91 Å². The smallest absolute Gasteiger partial charge is 0.251 e. The number of halogens is 1. The molecule has 128 valence electrons. The van der Waals surface area contributed by atoms with Crippen molar-refractivity contribution in [3.05, 3.63) is 46.0 Å². The van der Waals surface area contributed by atoms with Crippen LogP contribution in [-0.2, 0) is 13.0 Å². The summed E-state index contributed by atoms with van der Waals surface area (Å²) in [5.74, 6) is 2.02. The van der Waals surface area contributed by atoms with E-state index in [0.29, 0.717) is 16.5 Å². The van der Waals surface area contributed by atoms with Gasteiger partial charge in [0.1, 0.15) is 5.82 Å². The average Bonchev–Trinajstić information content (AvgIpc) is 2.98. The number of fused-ring (bicyclic) bond motifs is 1. The van der Waals surface area contributed by atoms with Gasteiger partial charge in [-0.25, -0.2) is 0 Å². The maximum absolute atomic E-state index is 12.5. The minimum atomic E-state index is -0.194. The highest BCUT2D eigenvalue weighted by Gasteiger charge is 2.22. The molecule has 1 amide bonds. The van der Waals surface area contributed by atoms with E-state index in [0.717, 1.165) is 43.0 Å². The Hall–Kier alpha value is -1.88. The summed E-state index contributed by atoms with van der Waals surface area (Å²) < 4.78 is 2.13. The molecule has 0 unspecified atom stereocenters. The third kappa shape index (κ3) is 3.31. The molecule has 0 spiro atoms. The summed E-state index contributed by atoms with van der Waals surface area (Å²) >= 11 is 6.29. The maximum Gasteiger partial charge on any atom is 0.251 e. The molecular formula is C18H23ClN4O. The molecule has 3 rings (SSSR count). The molecule has 0 saturated carbocycles. The van der Waals surface area contributed by atoms with Crippen molar-refractivity contribution in [2.45, 2.75) is 58.5 Å². The van der Waals surface area contributed by atoms with Crippen molar-refractivity contribution in [3.63, 3.8) is 0 Å². The molecule has 2 aromatic rings. The van der Waals surface area contributed by atoms with Gasteiger partial charge in [0.15, 0.2) is 5.82 Å². The summed E-state index contributed by atoms with van der Waals surface area (Å²) in [6.07, 6.45) is 3.24. The molecule has 1 aromatic carbocycles. The van der Waals surface area contributed by atoms with Crippen LogP contribution in [0.5, 0.6) is 0 Å². The molecule has 0 aliphatic carbocycles. The molecule has 1 atom stereocenters. The third-order valence-electron chi connectivity index (χ3n) is 4.51. The van der Waals surface area contributed by atoms with E-state index in [-0.39, 0.29) is 11.9 Å². The van der Waals surface area contributed by atoms with Crippen LogP contribution >= 0.6 is 11.6 Å². The predicted molar refractivity (Wildman–Crippen MR) is 94.4 cm³/mol. The maximum atomic E-state index is 12.5. The Kier molecular flexibility index (Phi) is 4.90. The lowest BCUT2D eigenvalue weighted by Crippen LogP contribution is -2.29. The van der Waals surface area contributed by atoms with E-state index >= 15 is 0 Å². The van der Waals surface area contributed by atoms with Gasteiger partial charge in [-0.15, -0.1) is 10.2 Å². The van der Waals surface area contributed by atoms with Gasteiger partial charge in [-0.1, -0.05) is 31.5 Å². The van der Waals surface area contributed by atoms with Gasteiger partial charge < -0.3 is 9.88 Å². The van der Waals surface area contributed by atoms with Gasteiger partial charge >= 0.3 is 0 Å². The van der Waals surface area contributed by atoms with Gasteiger partial charge in [0, 0.05) is 23.6 Å². The molecule has 1 aliphatic heterocycles. The first kappa shape index (κ1) is 17.0. The summed E-state index contributed by atoms with van der Waals surface area (Å²) in [5, 5.41) is 12.1. The fraction of sp³-hybridized carbons (Fsp3) is 0.500. The van der Waals surface area contributed by atoms with E-state index in [1.165, 1.54) is 0 Å². The quantitative estimate of drug-likeness (QED) is 0.913. The van der Waals surface area contributed by atoms with Gasteiger partial charge in [-0.3, -0.25) is 4.79 Å². The Morgan fingerprint density at radius 3 is 2.75 bits per heavy atom. The molecule has 24 heavy (non-hydrogen) atoms. The number of nitrogens with zero attached hydrogens (tertiary/aromatic N) is 3. The topological polar surface area (TPSA) is 59.8 Å². The first-order valence-corrected chi connectivity index (χ1v) is 8.87. The van der Waals surface area contributed by atoms with Crippen LogP contribution in [0.4, 0.5) is 0 Å². The second-order valence-corrected chi connectivity index (χ2v) is 7.08. The Labute approximate surface area is 147 Å². The van der Waals surface area contributed by atoms with E-state index in [4.69, 9.17) is 11.6 Å². The van der Waals surface area contributed by atoms with Crippen LogP contribution < -0.4 is 5.32 Å². The molecule has 0 fully saturated rings. The number of hydrogen-bond acceptors (Lipinski definition) is 3. The number of aryl methyl sites for hydroxylation is 1. The summed E-state index contributed by atoms with van der Waals surface area (Å²) in [6, 6.07) is 5.28. The average molecular weight is 347 g/mol. The van der Waals surface area contributed by atoms with Crippen molar-refractivity contribution in [2.24, 2.45) is 0 Å². The number of hydrogen-bond donors (Lipinski definition) is 1. The van der Waals surface area contributed by atoms with Crippen LogP contribution in [0.3, 0.4) is 0 Å². The van der Waals surface area contributed by atoms with E-state index in [2.05, 4.69) is 33.9 Å². The molecule has 0 radical (unpaired) electrons. The SMILES string of the molecule is CC(C)c1ccc(C(=O)N[C@H](C)c2nnc3n2CCCC3)cc1Cl. The summed E-state index contributed by atoms with van der Waals surface area (Å²) in [7, 11) is 0. The molecule has 5 nitrogen and oxygen atoms in total. The summed E-state index contributed by atoms with van der Waals surface area (Å²) in [6.45, 7) is 7.02. The number of amides is 1. The molecule has 1 aliphatic rings. The first-order chi connectivity index (χ1) is 11.5. The van der Waals surface area contributed by atoms with E-state index in [9.17, 15) is 4.79 Å². The lowest BCUT2D eigenvalue weighted by Gasteiger charge is -2.19. The molecule has 0 saturated heterocycles. The summed E-state index contributed by atoms with van der Waals surface area (Å²) in [5.41, 5.74) is 1.61. The second-order valence-electron chi connectivity index (χ2n) is 6.67. The van der Waals surface area contributed by atoms with E-state index in [1.54, 1.807) is 6.07 Å². The highest BCUT2D eigenvalue weighted by Crippen LogP contribution is 2.25. The molecule has 0 bridgehead atoms. The van der Waals surface area contributed by atoms with E-state index < -0.39 is 0 Å². The fourth-order valence-corrected chi connectivity index (χ4v) is 3.53. The predicted octanol–water partition coefficient (Wildman–Crippen LogP) is 3.88.